The van der Waals surface area contributed by atoms with Crippen LogP contribution in [0.3, 0.4) is 0 Å². The molecule has 1 aromatic rings. The largest absolute Gasteiger partial charge is 0.365 e. The molecule has 0 fully saturated rings. The van der Waals surface area contributed by atoms with Crippen LogP contribution in [0, 0.1) is 5.82 Å². The Hall–Kier alpha value is -0.900. The first kappa shape index (κ1) is 11.2. The molecule has 76 valence electrons. The lowest BCUT2D eigenvalue weighted by Gasteiger charge is -2.18. The maximum Gasteiger partial charge on any atom is 0.149 e. The van der Waals surface area contributed by atoms with Crippen molar-refractivity contribution in [1.29, 1.82) is 0 Å². The number of anilines is 1. The van der Waals surface area contributed by atoms with E-state index in [0.717, 1.165) is 4.47 Å². The summed E-state index contributed by atoms with van der Waals surface area (Å²) in [6.07, 6.45) is 0. The molecule has 0 aliphatic rings. The fourth-order valence-electron chi connectivity index (χ4n) is 1.20. The number of halogens is 2. The molecule has 0 unspecified atom stereocenters. The number of carbonyl (C=O) groups is 1. The number of ketones is 1. The number of rotatable bonds is 3. The van der Waals surface area contributed by atoms with Crippen molar-refractivity contribution in [3.63, 3.8) is 0 Å². The van der Waals surface area contributed by atoms with Gasteiger partial charge in [-0.25, -0.2) is 4.39 Å². The number of nitrogens with zero attached hydrogens (tertiary/aromatic N) is 1. The Morgan fingerprint density at radius 2 is 2.21 bits per heavy atom. The molecular formula is C10H11BrFNO. The molecule has 14 heavy (non-hydrogen) atoms. The molecule has 0 radical (unpaired) electrons. The summed E-state index contributed by atoms with van der Waals surface area (Å²) in [5.74, 6) is -0.316. The van der Waals surface area contributed by atoms with E-state index >= 15 is 0 Å². The molecule has 0 spiro atoms. The first-order valence-electron chi connectivity index (χ1n) is 4.16. The van der Waals surface area contributed by atoms with E-state index in [9.17, 15) is 9.18 Å². The van der Waals surface area contributed by atoms with Crippen molar-refractivity contribution < 1.29 is 9.18 Å². The van der Waals surface area contributed by atoms with Gasteiger partial charge in [-0.3, -0.25) is 4.79 Å². The van der Waals surface area contributed by atoms with Gasteiger partial charge in [0, 0.05) is 11.5 Å². The van der Waals surface area contributed by atoms with E-state index in [-0.39, 0.29) is 18.1 Å². The van der Waals surface area contributed by atoms with Crippen LogP contribution in [0.4, 0.5) is 10.1 Å². The molecular weight excluding hydrogens is 249 g/mol. The van der Waals surface area contributed by atoms with Crippen molar-refractivity contribution in [3.8, 4) is 0 Å². The zero-order valence-electron chi connectivity index (χ0n) is 8.05. The number of benzene rings is 1. The third kappa shape index (κ3) is 2.80. The third-order valence-electron chi connectivity index (χ3n) is 1.78. The molecule has 0 aromatic heterocycles. The monoisotopic (exact) mass is 259 g/mol. The van der Waals surface area contributed by atoms with E-state index in [2.05, 4.69) is 15.9 Å². The van der Waals surface area contributed by atoms with Crippen molar-refractivity contribution in [1.82, 2.24) is 0 Å². The first-order chi connectivity index (χ1) is 6.50. The molecule has 0 saturated heterocycles. The molecule has 0 bridgehead atoms. The van der Waals surface area contributed by atoms with E-state index in [0.29, 0.717) is 5.69 Å². The van der Waals surface area contributed by atoms with Crippen LogP contribution >= 0.6 is 15.9 Å². The minimum Gasteiger partial charge on any atom is -0.365 e. The SMILES string of the molecule is CC(=O)CN(C)c1cc(Br)ccc1F. The predicted octanol–water partition coefficient (Wildman–Crippen LogP) is 2.61. The number of hydrogen-bond acceptors (Lipinski definition) is 2. The Bertz CT molecular complexity index is 354. The number of hydrogen-bond donors (Lipinski definition) is 0. The quantitative estimate of drug-likeness (QED) is 0.832. The van der Waals surface area contributed by atoms with Gasteiger partial charge in [0.05, 0.1) is 12.2 Å². The van der Waals surface area contributed by atoms with E-state index in [1.54, 1.807) is 24.1 Å². The summed E-state index contributed by atoms with van der Waals surface area (Å²) < 4.78 is 14.1. The summed E-state index contributed by atoms with van der Waals surface area (Å²) in [7, 11) is 1.69. The zero-order valence-corrected chi connectivity index (χ0v) is 9.64. The topological polar surface area (TPSA) is 20.3 Å². The van der Waals surface area contributed by atoms with Crippen molar-refractivity contribution in [2.24, 2.45) is 0 Å². The van der Waals surface area contributed by atoms with Crippen LogP contribution < -0.4 is 4.90 Å². The van der Waals surface area contributed by atoms with E-state index in [4.69, 9.17) is 0 Å². The van der Waals surface area contributed by atoms with Gasteiger partial charge in [-0.15, -0.1) is 0 Å². The molecule has 2 nitrogen and oxygen atoms in total. The highest BCUT2D eigenvalue weighted by Crippen LogP contribution is 2.22. The van der Waals surface area contributed by atoms with Crippen LogP contribution in [-0.2, 0) is 4.79 Å². The van der Waals surface area contributed by atoms with Crippen molar-refractivity contribution in [2.45, 2.75) is 6.92 Å². The minimum atomic E-state index is -0.322. The highest BCUT2D eigenvalue weighted by molar-refractivity contribution is 9.10. The Labute approximate surface area is 90.8 Å². The zero-order chi connectivity index (χ0) is 10.7. The Morgan fingerprint density at radius 1 is 1.57 bits per heavy atom. The minimum absolute atomic E-state index is 0.00637. The van der Waals surface area contributed by atoms with Gasteiger partial charge >= 0.3 is 0 Å². The fraction of sp³-hybridized carbons (Fsp3) is 0.300. The number of likely N-dealkylation sites (N-methyl/N-ethyl adjacent to an activating group) is 1. The normalized spacial score (nSPS) is 10.0. The molecule has 1 rings (SSSR count). The Balaban J connectivity index is 2.93. The van der Waals surface area contributed by atoms with Gasteiger partial charge in [-0.1, -0.05) is 15.9 Å². The fourth-order valence-corrected chi connectivity index (χ4v) is 1.55. The highest BCUT2D eigenvalue weighted by atomic mass is 79.9. The molecule has 0 heterocycles. The van der Waals surface area contributed by atoms with Gasteiger partial charge in [0.1, 0.15) is 11.6 Å². The number of carbonyl (C=O) groups excluding carboxylic acids is 1. The number of Topliss-reactive ketones (excluding diaryl/α,β-unsaturated/α-hetero) is 1. The van der Waals surface area contributed by atoms with Gasteiger partial charge in [0.25, 0.3) is 0 Å². The summed E-state index contributed by atoms with van der Waals surface area (Å²) in [4.78, 5) is 12.4. The van der Waals surface area contributed by atoms with E-state index < -0.39 is 0 Å². The molecule has 0 amide bonds. The Kier molecular flexibility index (Phi) is 3.63. The van der Waals surface area contributed by atoms with Crippen LogP contribution in [0.15, 0.2) is 22.7 Å². The summed E-state index contributed by atoms with van der Waals surface area (Å²) in [6, 6.07) is 4.65. The van der Waals surface area contributed by atoms with E-state index in [1.807, 2.05) is 0 Å². The average Bonchev–Trinajstić information content (AvgIpc) is 2.08. The van der Waals surface area contributed by atoms with Crippen LogP contribution in [-0.4, -0.2) is 19.4 Å². The molecule has 0 aliphatic carbocycles. The molecule has 1 aromatic carbocycles. The maximum absolute atomic E-state index is 13.3. The van der Waals surface area contributed by atoms with Gasteiger partial charge < -0.3 is 4.90 Å². The second-order valence-corrected chi connectivity index (χ2v) is 4.07. The first-order valence-corrected chi connectivity index (χ1v) is 4.95. The highest BCUT2D eigenvalue weighted by Gasteiger charge is 2.09. The lowest BCUT2D eigenvalue weighted by Crippen LogP contribution is -2.24. The third-order valence-corrected chi connectivity index (χ3v) is 2.27. The van der Waals surface area contributed by atoms with Crippen LogP contribution in [0.5, 0.6) is 0 Å². The predicted molar refractivity (Wildman–Crippen MR) is 58.1 cm³/mol. The maximum atomic E-state index is 13.3. The lowest BCUT2D eigenvalue weighted by atomic mass is 10.2. The van der Waals surface area contributed by atoms with Crippen LogP contribution in [0.1, 0.15) is 6.92 Å². The smallest absolute Gasteiger partial charge is 0.149 e. The van der Waals surface area contributed by atoms with Crippen LogP contribution in [0.25, 0.3) is 0 Å². The van der Waals surface area contributed by atoms with Crippen molar-refractivity contribution >= 4 is 27.4 Å². The van der Waals surface area contributed by atoms with Gasteiger partial charge in [0.2, 0.25) is 0 Å². The molecule has 0 aliphatic heterocycles. The van der Waals surface area contributed by atoms with Crippen molar-refractivity contribution in [3.05, 3.63) is 28.5 Å². The Morgan fingerprint density at radius 3 is 2.79 bits per heavy atom. The standard InChI is InChI=1S/C10H11BrFNO/c1-7(14)6-13(2)10-5-8(11)3-4-9(10)12/h3-5H,6H2,1-2H3. The molecule has 0 saturated carbocycles. The summed E-state index contributed by atoms with van der Waals surface area (Å²) in [5, 5.41) is 0. The molecule has 0 N–H and O–H groups in total. The summed E-state index contributed by atoms with van der Waals surface area (Å²) in [6.45, 7) is 1.69. The second-order valence-electron chi connectivity index (χ2n) is 3.15. The summed E-state index contributed by atoms with van der Waals surface area (Å²) in [5.41, 5.74) is 0.426. The van der Waals surface area contributed by atoms with Gasteiger partial charge in [-0.2, -0.15) is 0 Å². The summed E-state index contributed by atoms with van der Waals surface area (Å²) >= 11 is 3.25. The van der Waals surface area contributed by atoms with E-state index in [1.165, 1.54) is 13.0 Å². The molecule has 4 heteroatoms. The second kappa shape index (κ2) is 4.55. The van der Waals surface area contributed by atoms with Gasteiger partial charge in [0.15, 0.2) is 0 Å². The van der Waals surface area contributed by atoms with Crippen molar-refractivity contribution in [2.75, 3.05) is 18.5 Å². The molecule has 0 atom stereocenters. The van der Waals surface area contributed by atoms with Gasteiger partial charge in [-0.05, 0) is 25.1 Å². The van der Waals surface area contributed by atoms with Crippen LogP contribution in [0.2, 0.25) is 0 Å². The average molecular weight is 260 g/mol. The lowest BCUT2D eigenvalue weighted by molar-refractivity contribution is -0.115.